The first-order valence-corrected chi connectivity index (χ1v) is 9.77. The third-order valence-corrected chi connectivity index (χ3v) is 5.57. The standard InChI is InChI=1S/C24H31NO2/c1-25(2)18-22-13-8-12-21(15-20-11-7-14-23(16-20)27-3)24(22,26)17-19-9-5-4-6-10-19/h4-7,9-11,14-16,22,26H,8,12-13,17-18H2,1-3H3/b21-15+. The molecule has 1 N–H and O–H groups in total. The number of hydrogen-bond donors (Lipinski definition) is 1. The Bertz CT molecular complexity index is 769. The van der Waals surface area contributed by atoms with Crippen molar-refractivity contribution >= 4 is 6.08 Å². The molecule has 144 valence electrons. The first-order chi connectivity index (χ1) is 13.0. The van der Waals surface area contributed by atoms with E-state index in [-0.39, 0.29) is 5.92 Å². The van der Waals surface area contributed by atoms with Gasteiger partial charge in [0.25, 0.3) is 0 Å². The van der Waals surface area contributed by atoms with Gasteiger partial charge in [-0.05, 0) is 62.2 Å². The van der Waals surface area contributed by atoms with Gasteiger partial charge in [0.1, 0.15) is 5.75 Å². The molecule has 0 radical (unpaired) electrons. The monoisotopic (exact) mass is 365 g/mol. The van der Waals surface area contributed by atoms with Gasteiger partial charge in [0, 0.05) is 18.9 Å². The summed E-state index contributed by atoms with van der Waals surface area (Å²) in [5.74, 6) is 1.06. The molecule has 0 bridgehead atoms. The Kier molecular flexibility index (Phi) is 6.35. The zero-order chi connectivity index (χ0) is 19.3. The van der Waals surface area contributed by atoms with Gasteiger partial charge in [0.2, 0.25) is 0 Å². The molecule has 1 aliphatic carbocycles. The molecule has 3 heteroatoms. The predicted octanol–water partition coefficient (Wildman–Crippen LogP) is 4.41. The molecule has 0 heterocycles. The van der Waals surface area contributed by atoms with Gasteiger partial charge in [-0.3, -0.25) is 0 Å². The molecule has 3 nitrogen and oxygen atoms in total. The average molecular weight is 366 g/mol. The summed E-state index contributed by atoms with van der Waals surface area (Å²) in [5.41, 5.74) is 2.58. The van der Waals surface area contributed by atoms with E-state index in [1.165, 1.54) is 5.56 Å². The van der Waals surface area contributed by atoms with Crippen LogP contribution in [0.15, 0.2) is 60.2 Å². The Morgan fingerprint density at radius 2 is 1.93 bits per heavy atom. The van der Waals surface area contributed by atoms with E-state index in [0.29, 0.717) is 6.42 Å². The first kappa shape index (κ1) is 19.7. The van der Waals surface area contributed by atoms with Crippen molar-refractivity contribution in [1.29, 1.82) is 0 Å². The van der Waals surface area contributed by atoms with Crippen molar-refractivity contribution in [3.05, 3.63) is 71.3 Å². The van der Waals surface area contributed by atoms with Crippen molar-refractivity contribution < 1.29 is 9.84 Å². The lowest BCUT2D eigenvalue weighted by molar-refractivity contribution is -0.0123. The van der Waals surface area contributed by atoms with Gasteiger partial charge in [0.05, 0.1) is 12.7 Å². The molecule has 27 heavy (non-hydrogen) atoms. The molecule has 3 rings (SSSR count). The lowest BCUT2D eigenvalue weighted by atomic mass is 9.68. The lowest BCUT2D eigenvalue weighted by Crippen LogP contribution is -2.48. The number of ether oxygens (including phenoxy) is 1. The van der Waals surface area contributed by atoms with Crippen LogP contribution in [0.5, 0.6) is 5.75 Å². The summed E-state index contributed by atoms with van der Waals surface area (Å²) < 4.78 is 5.37. The van der Waals surface area contributed by atoms with Crippen LogP contribution in [0.1, 0.15) is 30.4 Å². The highest BCUT2D eigenvalue weighted by atomic mass is 16.5. The molecule has 0 amide bonds. The van der Waals surface area contributed by atoms with Gasteiger partial charge in [-0.2, -0.15) is 0 Å². The zero-order valence-corrected chi connectivity index (χ0v) is 16.7. The fraction of sp³-hybridized carbons (Fsp3) is 0.417. The van der Waals surface area contributed by atoms with Gasteiger partial charge < -0.3 is 14.7 Å². The highest BCUT2D eigenvalue weighted by Crippen LogP contribution is 2.42. The maximum absolute atomic E-state index is 12.0. The Labute approximate surface area is 163 Å². The summed E-state index contributed by atoms with van der Waals surface area (Å²) in [6.07, 6.45) is 5.93. The van der Waals surface area contributed by atoms with Gasteiger partial charge >= 0.3 is 0 Å². The van der Waals surface area contributed by atoms with E-state index < -0.39 is 5.60 Å². The van der Waals surface area contributed by atoms with E-state index in [0.717, 1.165) is 42.7 Å². The summed E-state index contributed by atoms with van der Waals surface area (Å²) in [6, 6.07) is 18.4. The number of benzene rings is 2. The Hall–Kier alpha value is -2.10. The van der Waals surface area contributed by atoms with Crippen LogP contribution in [0.25, 0.3) is 6.08 Å². The minimum absolute atomic E-state index is 0.221. The smallest absolute Gasteiger partial charge is 0.119 e. The van der Waals surface area contributed by atoms with Crippen molar-refractivity contribution in [3.63, 3.8) is 0 Å². The number of rotatable bonds is 6. The number of nitrogens with zero attached hydrogens (tertiary/aromatic N) is 1. The fourth-order valence-corrected chi connectivity index (χ4v) is 4.23. The SMILES string of the molecule is COc1cccc(/C=C2\CCCC(CN(C)C)C2(O)Cc2ccccc2)c1. The van der Waals surface area contributed by atoms with E-state index >= 15 is 0 Å². The molecule has 2 unspecified atom stereocenters. The van der Waals surface area contributed by atoms with E-state index in [4.69, 9.17) is 4.74 Å². The van der Waals surface area contributed by atoms with Crippen molar-refractivity contribution in [2.45, 2.75) is 31.3 Å². The van der Waals surface area contributed by atoms with Crippen LogP contribution in [0, 0.1) is 5.92 Å². The van der Waals surface area contributed by atoms with E-state index in [1.54, 1.807) is 7.11 Å². The van der Waals surface area contributed by atoms with E-state index in [2.05, 4.69) is 43.3 Å². The fourth-order valence-electron chi connectivity index (χ4n) is 4.23. The largest absolute Gasteiger partial charge is 0.497 e. The molecular formula is C24H31NO2. The minimum atomic E-state index is -0.826. The van der Waals surface area contributed by atoms with E-state index in [1.807, 2.05) is 36.4 Å². The van der Waals surface area contributed by atoms with Crippen LogP contribution < -0.4 is 4.74 Å². The Morgan fingerprint density at radius 3 is 2.63 bits per heavy atom. The van der Waals surface area contributed by atoms with Crippen molar-refractivity contribution in [1.82, 2.24) is 4.90 Å². The van der Waals surface area contributed by atoms with Crippen LogP contribution in [0.4, 0.5) is 0 Å². The molecule has 1 aliphatic rings. The molecule has 1 fully saturated rings. The molecule has 0 saturated heterocycles. The molecule has 0 spiro atoms. The second-order valence-corrected chi connectivity index (χ2v) is 7.88. The number of methoxy groups -OCH3 is 1. The van der Waals surface area contributed by atoms with E-state index in [9.17, 15) is 5.11 Å². The molecule has 2 aromatic carbocycles. The van der Waals surface area contributed by atoms with Gasteiger partial charge in [-0.15, -0.1) is 0 Å². The first-order valence-electron chi connectivity index (χ1n) is 9.77. The molecule has 0 aliphatic heterocycles. The summed E-state index contributed by atoms with van der Waals surface area (Å²) in [6.45, 7) is 0.888. The Morgan fingerprint density at radius 1 is 1.15 bits per heavy atom. The lowest BCUT2D eigenvalue weighted by Gasteiger charge is -2.43. The highest BCUT2D eigenvalue weighted by molar-refractivity contribution is 5.58. The second kappa shape index (κ2) is 8.73. The van der Waals surface area contributed by atoms with Gasteiger partial charge in [-0.1, -0.05) is 48.5 Å². The maximum atomic E-state index is 12.0. The highest BCUT2D eigenvalue weighted by Gasteiger charge is 2.42. The normalized spacial score (nSPS) is 24.3. The van der Waals surface area contributed by atoms with Crippen LogP contribution in [-0.2, 0) is 6.42 Å². The van der Waals surface area contributed by atoms with Crippen LogP contribution >= 0.6 is 0 Å². The van der Waals surface area contributed by atoms with Crippen molar-refractivity contribution in [2.75, 3.05) is 27.7 Å². The van der Waals surface area contributed by atoms with Crippen molar-refractivity contribution in [3.8, 4) is 5.75 Å². The summed E-state index contributed by atoms with van der Waals surface area (Å²) in [7, 11) is 5.86. The molecule has 1 saturated carbocycles. The molecule has 2 aromatic rings. The zero-order valence-electron chi connectivity index (χ0n) is 16.7. The summed E-state index contributed by atoms with van der Waals surface area (Å²) in [5, 5.41) is 12.0. The quantitative estimate of drug-likeness (QED) is 0.823. The van der Waals surface area contributed by atoms with Crippen LogP contribution in [-0.4, -0.2) is 43.4 Å². The van der Waals surface area contributed by atoms with Gasteiger partial charge in [0.15, 0.2) is 0 Å². The topological polar surface area (TPSA) is 32.7 Å². The number of aliphatic hydroxyl groups is 1. The summed E-state index contributed by atoms with van der Waals surface area (Å²) >= 11 is 0. The third kappa shape index (κ3) is 4.79. The second-order valence-electron chi connectivity index (χ2n) is 7.88. The van der Waals surface area contributed by atoms with Crippen LogP contribution in [0.3, 0.4) is 0 Å². The summed E-state index contributed by atoms with van der Waals surface area (Å²) in [4.78, 5) is 2.19. The molecule has 0 aromatic heterocycles. The maximum Gasteiger partial charge on any atom is 0.119 e. The van der Waals surface area contributed by atoms with Crippen molar-refractivity contribution in [2.24, 2.45) is 5.92 Å². The predicted molar refractivity (Wildman–Crippen MR) is 112 cm³/mol. The average Bonchev–Trinajstić information content (AvgIpc) is 2.66. The third-order valence-electron chi connectivity index (χ3n) is 5.57. The molecule has 2 atom stereocenters. The van der Waals surface area contributed by atoms with Gasteiger partial charge in [-0.25, -0.2) is 0 Å². The Balaban J connectivity index is 1.99. The van der Waals surface area contributed by atoms with Crippen LogP contribution in [0.2, 0.25) is 0 Å². The minimum Gasteiger partial charge on any atom is -0.497 e. The molecular weight excluding hydrogens is 334 g/mol. The number of hydrogen-bond acceptors (Lipinski definition) is 3.